The molecule has 0 aliphatic rings. The maximum absolute atomic E-state index is 12.5. The zero-order chi connectivity index (χ0) is 15.4. The second-order valence-corrected chi connectivity index (χ2v) is 4.59. The Hall–Kier alpha value is -0.950. The molecule has 1 rings (SSSR count). The minimum absolute atomic E-state index is 0.0327. The van der Waals surface area contributed by atoms with Gasteiger partial charge < -0.3 is 0 Å². The molecule has 0 aliphatic heterocycles. The number of rotatable bonds is 5. The van der Waals surface area contributed by atoms with Gasteiger partial charge in [0.05, 0.1) is 12.1 Å². The molecule has 0 saturated heterocycles. The van der Waals surface area contributed by atoms with Gasteiger partial charge in [0.25, 0.3) is 0 Å². The average Bonchev–Trinajstić information content (AvgIpc) is 2.26. The maximum Gasteiger partial charge on any atom is 0.416 e. The summed E-state index contributed by atoms with van der Waals surface area (Å²) in [4.78, 5) is 0.961. The van der Waals surface area contributed by atoms with Crippen molar-refractivity contribution in [3.05, 3.63) is 35.4 Å². The summed E-state index contributed by atoms with van der Waals surface area (Å²) in [5.41, 5.74) is -0.720. The third-order valence-electron chi connectivity index (χ3n) is 2.46. The van der Waals surface area contributed by atoms with E-state index in [1.54, 1.807) is 0 Å². The van der Waals surface area contributed by atoms with Crippen molar-refractivity contribution in [2.75, 3.05) is 19.0 Å². The summed E-state index contributed by atoms with van der Waals surface area (Å²) in [5, 5.41) is 0. The van der Waals surface area contributed by atoms with Crippen LogP contribution in [-0.4, -0.2) is 30.0 Å². The van der Waals surface area contributed by atoms with Gasteiger partial charge in [0.2, 0.25) is 0 Å². The zero-order valence-electron chi connectivity index (χ0n) is 10.2. The van der Waals surface area contributed by atoms with Gasteiger partial charge in [-0.2, -0.15) is 26.3 Å². The second-order valence-electron chi connectivity index (χ2n) is 4.21. The molecule has 0 atom stereocenters. The lowest BCUT2D eigenvalue weighted by Crippen LogP contribution is -2.35. The van der Waals surface area contributed by atoms with E-state index in [9.17, 15) is 26.3 Å². The van der Waals surface area contributed by atoms with Gasteiger partial charge in [0.15, 0.2) is 0 Å². The van der Waals surface area contributed by atoms with Crippen molar-refractivity contribution >= 4 is 11.6 Å². The van der Waals surface area contributed by atoms with Crippen molar-refractivity contribution in [1.82, 2.24) is 4.90 Å². The minimum atomic E-state index is -4.52. The first kappa shape index (κ1) is 17.1. The number of alkyl halides is 7. The van der Waals surface area contributed by atoms with E-state index in [0.717, 1.165) is 17.0 Å². The van der Waals surface area contributed by atoms with E-state index in [2.05, 4.69) is 0 Å². The van der Waals surface area contributed by atoms with Crippen LogP contribution >= 0.6 is 11.6 Å². The Kier molecular flexibility index (Phi) is 5.70. The highest BCUT2D eigenvalue weighted by Crippen LogP contribution is 2.30. The molecule has 0 N–H and O–H groups in total. The van der Waals surface area contributed by atoms with Crippen LogP contribution in [0.3, 0.4) is 0 Å². The number of nitrogens with zero attached hydrogens (tertiary/aromatic N) is 1. The zero-order valence-corrected chi connectivity index (χ0v) is 11.0. The van der Waals surface area contributed by atoms with Crippen molar-refractivity contribution in [3.63, 3.8) is 0 Å². The fourth-order valence-electron chi connectivity index (χ4n) is 1.69. The van der Waals surface area contributed by atoms with Gasteiger partial charge in [-0.3, -0.25) is 4.90 Å². The summed E-state index contributed by atoms with van der Waals surface area (Å²) in [5.74, 6) is -0.0327. The molecule has 0 bridgehead atoms. The second kappa shape index (κ2) is 6.67. The van der Waals surface area contributed by atoms with Gasteiger partial charge in [0.1, 0.15) is 0 Å². The van der Waals surface area contributed by atoms with E-state index >= 15 is 0 Å². The predicted octanol–water partition coefficient (Wildman–Crippen LogP) is 4.31. The third-order valence-corrected chi connectivity index (χ3v) is 2.63. The first-order valence-corrected chi connectivity index (χ1v) is 6.16. The van der Waals surface area contributed by atoms with Crippen LogP contribution in [0.15, 0.2) is 24.3 Å². The lowest BCUT2D eigenvalue weighted by Gasteiger charge is -2.23. The summed E-state index contributed by atoms with van der Waals surface area (Å²) in [7, 11) is 0. The smallest absolute Gasteiger partial charge is 0.290 e. The molecule has 0 radical (unpaired) electrons. The molecule has 0 heterocycles. The molecular weight excluding hydrogens is 308 g/mol. The summed E-state index contributed by atoms with van der Waals surface area (Å²) < 4.78 is 74.5. The molecule has 0 saturated carbocycles. The topological polar surface area (TPSA) is 3.24 Å². The highest BCUT2D eigenvalue weighted by atomic mass is 35.5. The molecule has 0 aliphatic carbocycles. The summed E-state index contributed by atoms with van der Waals surface area (Å²) in [6.45, 7) is -1.51. The third kappa shape index (κ3) is 6.00. The monoisotopic (exact) mass is 319 g/mol. The van der Waals surface area contributed by atoms with E-state index < -0.39 is 24.5 Å². The van der Waals surface area contributed by atoms with Crippen LogP contribution in [0.1, 0.15) is 11.1 Å². The summed E-state index contributed by atoms with van der Waals surface area (Å²) in [6, 6.07) is 4.24. The number of halogens is 7. The van der Waals surface area contributed by atoms with Crippen LogP contribution < -0.4 is 0 Å². The van der Waals surface area contributed by atoms with Crippen LogP contribution in [0.5, 0.6) is 0 Å². The van der Waals surface area contributed by atoms with Crippen molar-refractivity contribution in [3.8, 4) is 0 Å². The Morgan fingerprint density at radius 2 is 1.70 bits per heavy atom. The molecule has 8 heteroatoms. The number of benzene rings is 1. The quantitative estimate of drug-likeness (QED) is 0.577. The summed E-state index contributed by atoms with van der Waals surface area (Å²) >= 11 is 5.41. The molecular formula is C12H12ClF6N. The predicted molar refractivity (Wildman–Crippen MR) is 63.5 cm³/mol. The van der Waals surface area contributed by atoms with Crippen LogP contribution in [0.2, 0.25) is 0 Å². The molecule has 0 spiro atoms. The first-order valence-electron chi connectivity index (χ1n) is 5.63. The molecule has 20 heavy (non-hydrogen) atoms. The van der Waals surface area contributed by atoms with Crippen LogP contribution in [0.25, 0.3) is 0 Å². The van der Waals surface area contributed by atoms with E-state index in [1.165, 1.54) is 12.1 Å². The number of hydrogen-bond donors (Lipinski definition) is 0. The van der Waals surface area contributed by atoms with Crippen molar-refractivity contribution < 1.29 is 26.3 Å². The molecule has 114 valence electrons. The van der Waals surface area contributed by atoms with Gasteiger partial charge in [0, 0.05) is 19.0 Å². The Labute approximate surface area is 117 Å². The van der Waals surface area contributed by atoms with Gasteiger partial charge in [-0.1, -0.05) is 18.2 Å². The van der Waals surface area contributed by atoms with Crippen LogP contribution in [0, 0.1) is 0 Å². The maximum atomic E-state index is 12.5. The van der Waals surface area contributed by atoms with Crippen molar-refractivity contribution in [2.24, 2.45) is 0 Å². The molecule has 1 aromatic carbocycles. The van der Waals surface area contributed by atoms with Crippen LogP contribution in [0.4, 0.5) is 26.3 Å². The molecule has 0 amide bonds. The highest BCUT2D eigenvalue weighted by molar-refractivity contribution is 6.18. The largest absolute Gasteiger partial charge is 0.416 e. The molecule has 0 unspecified atom stereocenters. The Morgan fingerprint density at radius 3 is 2.20 bits per heavy atom. The van der Waals surface area contributed by atoms with Gasteiger partial charge in [-0.05, 0) is 11.6 Å². The minimum Gasteiger partial charge on any atom is -0.290 e. The Balaban J connectivity index is 2.83. The Morgan fingerprint density at radius 1 is 1.05 bits per heavy atom. The normalized spacial score (nSPS) is 13.0. The standard InChI is InChI=1S/C12H12ClF6N/c13-4-5-20(8-11(14,15)16)7-9-2-1-3-10(6-9)12(17,18)19/h1-3,6H,4-5,7-8H2. The lowest BCUT2D eigenvalue weighted by atomic mass is 10.1. The summed E-state index contributed by atoms with van der Waals surface area (Å²) in [6.07, 6.45) is -8.94. The lowest BCUT2D eigenvalue weighted by molar-refractivity contribution is -0.146. The highest BCUT2D eigenvalue weighted by Gasteiger charge is 2.32. The molecule has 1 nitrogen and oxygen atoms in total. The van der Waals surface area contributed by atoms with E-state index in [-0.39, 0.29) is 24.5 Å². The fraction of sp³-hybridized carbons (Fsp3) is 0.500. The van der Waals surface area contributed by atoms with Gasteiger partial charge in [-0.25, -0.2) is 0 Å². The number of hydrogen-bond acceptors (Lipinski definition) is 1. The van der Waals surface area contributed by atoms with E-state index in [4.69, 9.17) is 11.6 Å². The Bertz CT molecular complexity index is 429. The average molecular weight is 320 g/mol. The van der Waals surface area contributed by atoms with Gasteiger partial charge >= 0.3 is 12.4 Å². The first-order chi connectivity index (χ1) is 9.12. The van der Waals surface area contributed by atoms with E-state index in [1.807, 2.05) is 0 Å². The SMILES string of the molecule is FC(F)(F)CN(CCCl)Cc1cccc(C(F)(F)F)c1. The fourth-order valence-corrected chi connectivity index (χ4v) is 1.93. The molecule has 0 fully saturated rings. The van der Waals surface area contributed by atoms with Gasteiger partial charge in [-0.15, -0.1) is 11.6 Å². The van der Waals surface area contributed by atoms with E-state index in [0.29, 0.717) is 0 Å². The van der Waals surface area contributed by atoms with Crippen molar-refractivity contribution in [2.45, 2.75) is 18.9 Å². The molecule has 0 aromatic heterocycles. The van der Waals surface area contributed by atoms with Crippen molar-refractivity contribution in [1.29, 1.82) is 0 Å². The van der Waals surface area contributed by atoms with Crippen LogP contribution in [-0.2, 0) is 12.7 Å². The molecule has 1 aromatic rings.